The van der Waals surface area contributed by atoms with Gasteiger partial charge in [0.2, 0.25) is 0 Å². The van der Waals surface area contributed by atoms with Crippen LogP contribution in [0.15, 0.2) is 30.5 Å². The van der Waals surface area contributed by atoms with Gasteiger partial charge in [-0.3, -0.25) is 0 Å². The molecule has 17 heavy (non-hydrogen) atoms. The molecular formula is C13H12N2OS. The second-order valence-electron chi connectivity index (χ2n) is 3.93. The van der Waals surface area contributed by atoms with E-state index in [-0.39, 0.29) is 6.61 Å². The monoisotopic (exact) mass is 244 g/mol. The van der Waals surface area contributed by atoms with Crippen molar-refractivity contribution in [2.75, 3.05) is 0 Å². The molecule has 0 unspecified atom stereocenters. The molecule has 0 spiro atoms. The van der Waals surface area contributed by atoms with Gasteiger partial charge >= 0.3 is 0 Å². The van der Waals surface area contributed by atoms with Gasteiger partial charge in [-0.25, -0.2) is 4.98 Å². The number of nitrogens with zero attached hydrogens (tertiary/aromatic N) is 1. The molecule has 0 saturated heterocycles. The van der Waals surface area contributed by atoms with Crippen LogP contribution in [-0.4, -0.2) is 15.1 Å². The topological polar surface area (TPSA) is 48.9 Å². The Bertz CT molecular complexity index is 669. The van der Waals surface area contributed by atoms with Gasteiger partial charge in [-0.15, -0.1) is 11.3 Å². The number of nitrogens with one attached hydrogen (secondary N) is 1. The molecule has 2 aromatic heterocycles. The molecule has 1 aromatic carbocycles. The summed E-state index contributed by atoms with van der Waals surface area (Å²) in [6.07, 6.45) is 2.01. The standard InChI is InChI=1S/C13H12N2OS/c1-8-13(17-12(7-16)15-8)10-6-14-11-5-3-2-4-9(10)11/h2-6,14,16H,7H2,1H3. The minimum Gasteiger partial charge on any atom is -0.389 e. The summed E-state index contributed by atoms with van der Waals surface area (Å²) in [4.78, 5) is 8.74. The number of benzene rings is 1. The van der Waals surface area contributed by atoms with Crippen molar-refractivity contribution in [3.05, 3.63) is 41.2 Å². The summed E-state index contributed by atoms with van der Waals surface area (Å²) in [5.41, 5.74) is 3.26. The zero-order valence-electron chi connectivity index (χ0n) is 9.40. The summed E-state index contributed by atoms with van der Waals surface area (Å²) in [5.74, 6) is 0. The molecule has 0 radical (unpaired) electrons. The Morgan fingerprint density at radius 3 is 2.94 bits per heavy atom. The molecule has 86 valence electrons. The number of thiazole rings is 1. The predicted octanol–water partition coefficient (Wildman–Crippen LogP) is 3.09. The van der Waals surface area contributed by atoms with Gasteiger partial charge in [0.05, 0.1) is 17.2 Å². The molecule has 0 fully saturated rings. The maximum absolute atomic E-state index is 9.13. The van der Waals surface area contributed by atoms with Crippen LogP contribution >= 0.6 is 11.3 Å². The molecule has 0 aliphatic heterocycles. The molecule has 0 aliphatic carbocycles. The summed E-state index contributed by atoms with van der Waals surface area (Å²) in [5, 5.41) is 11.1. The molecule has 0 amide bonds. The summed E-state index contributed by atoms with van der Waals surface area (Å²) in [7, 11) is 0. The first kappa shape index (κ1) is 10.5. The summed E-state index contributed by atoms with van der Waals surface area (Å²) < 4.78 is 0. The SMILES string of the molecule is Cc1nc(CO)sc1-c1c[nH]c2ccccc12. The van der Waals surface area contributed by atoms with E-state index in [9.17, 15) is 0 Å². The molecule has 0 atom stereocenters. The third kappa shape index (κ3) is 1.66. The lowest BCUT2D eigenvalue weighted by Gasteiger charge is -1.95. The zero-order valence-corrected chi connectivity index (χ0v) is 10.2. The zero-order chi connectivity index (χ0) is 11.8. The fourth-order valence-electron chi connectivity index (χ4n) is 2.03. The van der Waals surface area contributed by atoms with Crippen LogP contribution in [-0.2, 0) is 6.61 Å². The Balaban J connectivity index is 2.23. The number of rotatable bonds is 2. The van der Waals surface area contributed by atoms with E-state index in [4.69, 9.17) is 5.11 Å². The van der Waals surface area contributed by atoms with Gasteiger partial charge in [0.15, 0.2) is 0 Å². The van der Waals surface area contributed by atoms with E-state index in [0.717, 1.165) is 26.7 Å². The Morgan fingerprint density at radius 1 is 1.35 bits per heavy atom. The average Bonchev–Trinajstić information content (AvgIpc) is 2.92. The Hall–Kier alpha value is -1.65. The number of aromatic nitrogens is 2. The molecule has 2 N–H and O–H groups in total. The maximum atomic E-state index is 9.13. The maximum Gasteiger partial charge on any atom is 0.119 e. The predicted molar refractivity (Wildman–Crippen MR) is 70.1 cm³/mol. The second kappa shape index (κ2) is 3.98. The van der Waals surface area contributed by atoms with Gasteiger partial charge in [-0.1, -0.05) is 18.2 Å². The van der Waals surface area contributed by atoms with Crippen LogP contribution < -0.4 is 0 Å². The molecule has 0 bridgehead atoms. The quantitative estimate of drug-likeness (QED) is 0.727. The first-order valence-corrected chi connectivity index (χ1v) is 6.25. The molecule has 3 nitrogen and oxygen atoms in total. The number of hydrogen-bond donors (Lipinski definition) is 2. The van der Waals surface area contributed by atoms with Crippen LogP contribution in [0.4, 0.5) is 0 Å². The molecule has 0 aliphatic rings. The number of aromatic amines is 1. The minimum atomic E-state index is 0.00780. The number of aliphatic hydroxyl groups is 1. The largest absolute Gasteiger partial charge is 0.389 e. The lowest BCUT2D eigenvalue weighted by atomic mass is 10.1. The number of aryl methyl sites for hydroxylation is 1. The number of aliphatic hydroxyl groups excluding tert-OH is 1. The van der Waals surface area contributed by atoms with E-state index in [2.05, 4.69) is 22.1 Å². The first-order valence-electron chi connectivity index (χ1n) is 5.43. The highest BCUT2D eigenvalue weighted by Gasteiger charge is 2.12. The van der Waals surface area contributed by atoms with Crippen molar-refractivity contribution in [2.45, 2.75) is 13.5 Å². The first-order chi connectivity index (χ1) is 8.29. The lowest BCUT2D eigenvalue weighted by Crippen LogP contribution is -1.79. The van der Waals surface area contributed by atoms with E-state index < -0.39 is 0 Å². The Kier molecular flexibility index (Phi) is 2.46. The van der Waals surface area contributed by atoms with Crippen LogP contribution in [0.2, 0.25) is 0 Å². The summed E-state index contributed by atoms with van der Waals surface area (Å²) in [6, 6.07) is 8.20. The van der Waals surface area contributed by atoms with Crippen LogP contribution in [0, 0.1) is 6.92 Å². The number of para-hydroxylation sites is 1. The Morgan fingerprint density at radius 2 is 2.18 bits per heavy atom. The molecule has 2 heterocycles. The highest BCUT2D eigenvalue weighted by molar-refractivity contribution is 7.15. The van der Waals surface area contributed by atoms with Crippen LogP contribution in [0.5, 0.6) is 0 Å². The average molecular weight is 244 g/mol. The third-order valence-electron chi connectivity index (χ3n) is 2.81. The van der Waals surface area contributed by atoms with Crippen molar-refractivity contribution in [1.29, 1.82) is 0 Å². The van der Waals surface area contributed by atoms with Crippen molar-refractivity contribution < 1.29 is 5.11 Å². The highest BCUT2D eigenvalue weighted by Crippen LogP contribution is 2.34. The molecule has 3 aromatic rings. The van der Waals surface area contributed by atoms with Crippen molar-refractivity contribution >= 4 is 22.2 Å². The van der Waals surface area contributed by atoms with E-state index in [1.165, 1.54) is 5.39 Å². The van der Waals surface area contributed by atoms with Crippen molar-refractivity contribution in [1.82, 2.24) is 9.97 Å². The normalized spacial score (nSPS) is 11.2. The summed E-state index contributed by atoms with van der Waals surface area (Å²) >= 11 is 1.55. The van der Waals surface area contributed by atoms with E-state index in [1.54, 1.807) is 11.3 Å². The van der Waals surface area contributed by atoms with Gasteiger partial charge in [0.1, 0.15) is 5.01 Å². The molecule has 3 rings (SSSR count). The smallest absolute Gasteiger partial charge is 0.119 e. The lowest BCUT2D eigenvalue weighted by molar-refractivity contribution is 0.281. The van der Waals surface area contributed by atoms with Crippen LogP contribution in [0.3, 0.4) is 0 Å². The van der Waals surface area contributed by atoms with Crippen molar-refractivity contribution in [3.8, 4) is 10.4 Å². The van der Waals surface area contributed by atoms with E-state index >= 15 is 0 Å². The van der Waals surface area contributed by atoms with Gasteiger partial charge < -0.3 is 10.1 Å². The summed E-state index contributed by atoms with van der Waals surface area (Å²) in [6.45, 7) is 1.99. The fraction of sp³-hybridized carbons (Fsp3) is 0.154. The molecule has 4 heteroatoms. The van der Waals surface area contributed by atoms with Crippen LogP contribution in [0.1, 0.15) is 10.7 Å². The molecule has 0 saturated carbocycles. The van der Waals surface area contributed by atoms with E-state index in [0.29, 0.717) is 0 Å². The number of H-pyrrole nitrogens is 1. The number of hydrogen-bond acceptors (Lipinski definition) is 3. The second-order valence-corrected chi connectivity index (χ2v) is 5.01. The third-order valence-corrected chi connectivity index (χ3v) is 3.99. The fourth-order valence-corrected chi connectivity index (χ4v) is 2.98. The Labute approximate surface area is 103 Å². The van der Waals surface area contributed by atoms with Crippen LogP contribution in [0.25, 0.3) is 21.3 Å². The highest BCUT2D eigenvalue weighted by atomic mass is 32.1. The van der Waals surface area contributed by atoms with Crippen molar-refractivity contribution in [3.63, 3.8) is 0 Å². The van der Waals surface area contributed by atoms with Gasteiger partial charge in [-0.2, -0.15) is 0 Å². The molecular weight excluding hydrogens is 232 g/mol. The van der Waals surface area contributed by atoms with Crippen molar-refractivity contribution in [2.24, 2.45) is 0 Å². The minimum absolute atomic E-state index is 0.00780. The van der Waals surface area contributed by atoms with Gasteiger partial charge in [-0.05, 0) is 13.0 Å². The number of fused-ring (bicyclic) bond motifs is 1. The van der Waals surface area contributed by atoms with Gasteiger partial charge in [0.25, 0.3) is 0 Å². The van der Waals surface area contributed by atoms with Gasteiger partial charge in [0, 0.05) is 22.7 Å². The van der Waals surface area contributed by atoms with E-state index in [1.807, 2.05) is 25.3 Å².